The van der Waals surface area contributed by atoms with E-state index in [1.807, 2.05) is 0 Å². The molecule has 0 aliphatic carbocycles. The molecule has 1 radical (unpaired) electrons. The van der Waals surface area contributed by atoms with Gasteiger partial charge in [0.05, 0.1) is 0 Å². The fourth-order valence-corrected chi connectivity index (χ4v) is 3.58. The maximum absolute atomic E-state index is 2.43. The van der Waals surface area contributed by atoms with E-state index in [9.17, 15) is 0 Å². The van der Waals surface area contributed by atoms with Gasteiger partial charge in [-0.15, -0.1) is 0 Å². The van der Waals surface area contributed by atoms with Crippen LogP contribution >= 0.6 is 0 Å². The molecule has 0 bridgehead atoms. The molecule has 0 heterocycles. The highest BCUT2D eigenvalue weighted by Crippen LogP contribution is 2.21. The average Bonchev–Trinajstić information content (AvgIpc) is 2.57. The Bertz CT molecular complexity index is 196. The summed E-state index contributed by atoms with van der Waals surface area (Å²) in [5.41, 5.74) is 0. The molecule has 0 fully saturated rings. The standard InChI is InChI=1S/C23H47/c1-4-7-9-11-13-14-16-18-20-22-23(6-3)21-19-17-15-12-10-8-5-2/h8,23H,4-7,9-22H2,1-3H3. The predicted octanol–water partition coefficient (Wildman–Crippen LogP) is 8.89. The summed E-state index contributed by atoms with van der Waals surface area (Å²) in [5.74, 6) is 1.02. The minimum Gasteiger partial charge on any atom is -0.0654 e. The normalized spacial score (nSPS) is 12.7. The molecule has 0 nitrogen and oxygen atoms in total. The molecule has 0 N–H and O–H groups in total. The summed E-state index contributed by atoms with van der Waals surface area (Å²) in [5, 5.41) is 0. The molecule has 1 unspecified atom stereocenters. The van der Waals surface area contributed by atoms with Gasteiger partial charge in [0.25, 0.3) is 0 Å². The average molecular weight is 324 g/mol. The Morgan fingerprint density at radius 1 is 0.565 bits per heavy atom. The molecule has 0 aliphatic heterocycles. The van der Waals surface area contributed by atoms with Crippen LogP contribution in [0.4, 0.5) is 0 Å². The third kappa shape index (κ3) is 18.2. The Hall–Kier alpha value is 0. The predicted molar refractivity (Wildman–Crippen MR) is 108 cm³/mol. The van der Waals surface area contributed by atoms with Gasteiger partial charge in [-0.05, 0) is 12.3 Å². The van der Waals surface area contributed by atoms with Crippen LogP contribution in [0.25, 0.3) is 0 Å². The Balaban J connectivity index is 3.28. The zero-order valence-corrected chi connectivity index (χ0v) is 16.9. The molecule has 23 heavy (non-hydrogen) atoms. The third-order valence-electron chi connectivity index (χ3n) is 5.35. The summed E-state index contributed by atoms with van der Waals surface area (Å²) < 4.78 is 0. The maximum atomic E-state index is 2.43. The van der Waals surface area contributed by atoms with Crippen LogP contribution in [-0.4, -0.2) is 0 Å². The molecule has 0 amide bonds. The molecule has 0 heteroatoms. The molecule has 0 saturated carbocycles. The molecule has 1 atom stereocenters. The van der Waals surface area contributed by atoms with Crippen molar-refractivity contribution in [2.75, 3.05) is 0 Å². The van der Waals surface area contributed by atoms with Gasteiger partial charge in [-0.25, -0.2) is 0 Å². The summed E-state index contributed by atoms with van der Waals surface area (Å²) >= 11 is 0. The van der Waals surface area contributed by atoms with Crippen molar-refractivity contribution in [3.63, 3.8) is 0 Å². The number of rotatable bonds is 19. The Morgan fingerprint density at radius 3 is 1.52 bits per heavy atom. The third-order valence-corrected chi connectivity index (χ3v) is 5.35. The van der Waals surface area contributed by atoms with Crippen LogP contribution in [0.3, 0.4) is 0 Å². The molecular weight excluding hydrogens is 276 g/mol. The van der Waals surface area contributed by atoms with Crippen molar-refractivity contribution in [1.82, 2.24) is 0 Å². The van der Waals surface area contributed by atoms with Gasteiger partial charge in [0.15, 0.2) is 0 Å². The van der Waals surface area contributed by atoms with Crippen LogP contribution in [-0.2, 0) is 0 Å². The van der Waals surface area contributed by atoms with Crippen molar-refractivity contribution < 1.29 is 0 Å². The second-order valence-electron chi connectivity index (χ2n) is 7.58. The van der Waals surface area contributed by atoms with E-state index in [4.69, 9.17) is 0 Å². The van der Waals surface area contributed by atoms with Crippen LogP contribution in [0, 0.1) is 12.3 Å². The largest absolute Gasteiger partial charge is 0.0654 e. The highest BCUT2D eigenvalue weighted by molar-refractivity contribution is 4.62. The number of hydrogen-bond donors (Lipinski definition) is 0. The first-order chi connectivity index (χ1) is 11.3. The molecule has 0 saturated heterocycles. The summed E-state index contributed by atoms with van der Waals surface area (Å²) in [6.45, 7) is 6.95. The van der Waals surface area contributed by atoms with Crippen molar-refractivity contribution in [3.05, 3.63) is 6.42 Å². The van der Waals surface area contributed by atoms with E-state index < -0.39 is 0 Å². The van der Waals surface area contributed by atoms with Crippen molar-refractivity contribution in [2.24, 2.45) is 5.92 Å². The highest BCUT2D eigenvalue weighted by Gasteiger charge is 2.05. The lowest BCUT2D eigenvalue weighted by Gasteiger charge is -2.14. The maximum Gasteiger partial charge on any atom is -0.0389 e. The molecule has 0 aromatic rings. The van der Waals surface area contributed by atoms with Crippen molar-refractivity contribution in [1.29, 1.82) is 0 Å². The van der Waals surface area contributed by atoms with Gasteiger partial charge in [-0.1, -0.05) is 136 Å². The van der Waals surface area contributed by atoms with Crippen molar-refractivity contribution >= 4 is 0 Å². The lowest BCUT2D eigenvalue weighted by atomic mass is 9.92. The molecule has 0 rings (SSSR count). The molecule has 0 aromatic heterocycles. The Morgan fingerprint density at radius 2 is 1.04 bits per heavy atom. The van der Waals surface area contributed by atoms with Crippen molar-refractivity contribution in [2.45, 2.75) is 136 Å². The lowest BCUT2D eigenvalue weighted by molar-refractivity contribution is 0.393. The second kappa shape index (κ2) is 20.0. The van der Waals surface area contributed by atoms with Gasteiger partial charge in [-0.3, -0.25) is 0 Å². The number of hydrogen-bond acceptors (Lipinski definition) is 0. The first kappa shape index (κ1) is 23.0. The first-order valence-corrected chi connectivity index (χ1v) is 11.2. The van der Waals surface area contributed by atoms with E-state index >= 15 is 0 Å². The number of unbranched alkanes of at least 4 members (excludes halogenated alkanes) is 14. The fourth-order valence-electron chi connectivity index (χ4n) is 3.58. The fraction of sp³-hybridized carbons (Fsp3) is 0.957. The van der Waals surface area contributed by atoms with Gasteiger partial charge in [0.1, 0.15) is 0 Å². The minimum atomic E-state index is 1.02. The molecule has 0 aliphatic rings. The zero-order valence-electron chi connectivity index (χ0n) is 16.9. The topological polar surface area (TPSA) is 0 Å². The van der Waals surface area contributed by atoms with Gasteiger partial charge in [0, 0.05) is 0 Å². The smallest absolute Gasteiger partial charge is 0.0389 e. The summed E-state index contributed by atoms with van der Waals surface area (Å²) in [7, 11) is 0. The monoisotopic (exact) mass is 323 g/mol. The van der Waals surface area contributed by atoms with Gasteiger partial charge >= 0.3 is 0 Å². The SMILES string of the molecule is CC[CH]CCCCCCC(CC)CCCCCCCCCCC. The van der Waals surface area contributed by atoms with Crippen LogP contribution in [0.15, 0.2) is 0 Å². The van der Waals surface area contributed by atoms with Crippen molar-refractivity contribution in [3.8, 4) is 0 Å². The van der Waals surface area contributed by atoms with Gasteiger partial charge in [-0.2, -0.15) is 0 Å². The molecule has 139 valence electrons. The van der Waals surface area contributed by atoms with E-state index in [-0.39, 0.29) is 0 Å². The Labute approximate surface area is 149 Å². The highest BCUT2D eigenvalue weighted by atomic mass is 14.1. The van der Waals surface area contributed by atoms with E-state index in [0.717, 1.165) is 5.92 Å². The van der Waals surface area contributed by atoms with Crippen LogP contribution in [0.1, 0.15) is 136 Å². The van der Waals surface area contributed by atoms with Crippen LogP contribution < -0.4 is 0 Å². The van der Waals surface area contributed by atoms with E-state index in [1.54, 1.807) is 0 Å². The van der Waals surface area contributed by atoms with E-state index in [0.29, 0.717) is 0 Å². The second-order valence-corrected chi connectivity index (χ2v) is 7.58. The van der Waals surface area contributed by atoms with E-state index in [2.05, 4.69) is 27.2 Å². The summed E-state index contributed by atoms with van der Waals surface area (Å²) in [4.78, 5) is 0. The Kier molecular flexibility index (Phi) is 20.0. The van der Waals surface area contributed by atoms with Crippen LogP contribution in [0.5, 0.6) is 0 Å². The summed E-state index contributed by atoms with van der Waals surface area (Å²) in [6, 6.07) is 0. The van der Waals surface area contributed by atoms with Gasteiger partial charge < -0.3 is 0 Å². The van der Waals surface area contributed by atoms with E-state index in [1.165, 1.54) is 116 Å². The van der Waals surface area contributed by atoms with Gasteiger partial charge in [0.2, 0.25) is 0 Å². The molecular formula is C23H47. The lowest BCUT2D eigenvalue weighted by Crippen LogP contribution is -1.99. The zero-order chi connectivity index (χ0) is 17.0. The first-order valence-electron chi connectivity index (χ1n) is 11.2. The summed E-state index contributed by atoms with van der Waals surface area (Å²) in [6.07, 6.45) is 28.4. The quantitative estimate of drug-likeness (QED) is 0.208. The van der Waals surface area contributed by atoms with Crippen LogP contribution in [0.2, 0.25) is 0 Å². The minimum absolute atomic E-state index is 1.02. The molecule has 0 aromatic carbocycles. The molecule has 0 spiro atoms.